The van der Waals surface area contributed by atoms with Crippen molar-refractivity contribution in [3.05, 3.63) is 11.9 Å². The van der Waals surface area contributed by atoms with Gasteiger partial charge in [0.1, 0.15) is 0 Å². The van der Waals surface area contributed by atoms with Crippen LogP contribution in [0.4, 0.5) is 18.3 Å². The largest absolute Gasteiger partial charge is 0.390 e. The Morgan fingerprint density at radius 2 is 1.95 bits per heavy atom. The van der Waals surface area contributed by atoms with Crippen molar-refractivity contribution in [1.29, 1.82) is 0 Å². The summed E-state index contributed by atoms with van der Waals surface area (Å²) in [5.41, 5.74) is 0.847. The standard InChI is InChI=1S/C13H19F3N4S/c1-5-19(7-6-13(14,15)16)11-18-20-8-9(12(2,3)4)17-10(20)21-11/h8H,5-7H2,1-4H3. The van der Waals surface area contributed by atoms with Crippen LogP contribution in [0.15, 0.2) is 6.20 Å². The zero-order chi connectivity index (χ0) is 15.8. The van der Waals surface area contributed by atoms with Crippen molar-refractivity contribution < 1.29 is 13.2 Å². The van der Waals surface area contributed by atoms with Gasteiger partial charge in [0.15, 0.2) is 0 Å². The molecule has 2 heterocycles. The molecule has 118 valence electrons. The van der Waals surface area contributed by atoms with Gasteiger partial charge < -0.3 is 4.90 Å². The summed E-state index contributed by atoms with van der Waals surface area (Å²) in [6.07, 6.45) is -3.15. The lowest BCUT2D eigenvalue weighted by molar-refractivity contribution is -0.132. The van der Waals surface area contributed by atoms with Gasteiger partial charge in [0.25, 0.3) is 0 Å². The minimum absolute atomic E-state index is 0.0751. The minimum atomic E-state index is -4.15. The molecular formula is C13H19F3N4S. The predicted molar refractivity (Wildman–Crippen MR) is 78.1 cm³/mol. The van der Waals surface area contributed by atoms with Gasteiger partial charge >= 0.3 is 6.18 Å². The summed E-state index contributed by atoms with van der Waals surface area (Å²) in [6.45, 7) is 8.40. The number of nitrogens with zero attached hydrogens (tertiary/aromatic N) is 4. The number of fused-ring (bicyclic) bond motifs is 1. The van der Waals surface area contributed by atoms with Crippen LogP contribution in [0, 0.1) is 0 Å². The first-order chi connectivity index (χ1) is 9.60. The maximum absolute atomic E-state index is 12.3. The number of alkyl halides is 3. The van der Waals surface area contributed by atoms with E-state index in [4.69, 9.17) is 0 Å². The summed E-state index contributed by atoms with van der Waals surface area (Å²) >= 11 is 1.32. The number of hydrogen-bond donors (Lipinski definition) is 0. The van der Waals surface area contributed by atoms with Crippen LogP contribution in [-0.2, 0) is 5.41 Å². The third kappa shape index (κ3) is 3.87. The molecule has 2 aromatic heterocycles. The molecule has 0 amide bonds. The van der Waals surface area contributed by atoms with E-state index in [0.717, 1.165) is 5.69 Å². The van der Waals surface area contributed by atoms with Gasteiger partial charge in [-0.3, -0.25) is 0 Å². The Morgan fingerprint density at radius 3 is 2.43 bits per heavy atom. The van der Waals surface area contributed by atoms with Gasteiger partial charge in [-0.25, -0.2) is 9.50 Å². The molecule has 0 saturated heterocycles. The molecule has 8 heteroatoms. The lowest BCUT2D eigenvalue weighted by Gasteiger charge is -2.19. The number of halogens is 3. The minimum Gasteiger partial charge on any atom is -0.347 e. The van der Waals surface area contributed by atoms with Crippen LogP contribution in [0.5, 0.6) is 0 Å². The molecule has 0 radical (unpaired) electrons. The molecule has 2 rings (SSSR count). The van der Waals surface area contributed by atoms with Crippen LogP contribution in [0.2, 0.25) is 0 Å². The second kappa shape index (κ2) is 5.47. The SMILES string of the molecule is CCN(CCC(F)(F)F)c1nn2cc(C(C)(C)C)nc2s1. The summed E-state index contributed by atoms with van der Waals surface area (Å²) in [5, 5.41) is 4.92. The molecule has 0 aliphatic heterocycles. The number of rotatable bonds is 4. The van der Waals surface area contributed by atoms with E-state index < -0.39 is 12.6 Å². The molecule has 0 fully saturated rings. The molecule has 21 heavy (non-hydrogen) atoms. The number of anilines is 1. The zero-order valence-electron chi connectivity index (χ0n) is 12.5. The van der Waals surface area contributed by atoms with Gasteiger partial charge in [0, 0.05) is 18.5 Å². The topological polar surface area (TPSA) is 33.4 Å². The van der Waals surface area contributed by atoms with Crippen LogP contribution in [0.25, 0.3) is 4.96 Å². The lowest BCUT2D eigenvalue weighted by Crippen LogP contribution is -2.27. The first-order valence-corrected chi connectivity index (χ1v) is 7.60. The van der Waals surface area contributed by atoms with Crippen LogP contribution in [-0.4, -0.2) is 33.9 Å². The molecule has 0 aliphatic rings. The molecule has 0 aromatic carbocycles. The number of hydrogen-bond acceptors (Lipinski definition) is 4. The molecule has 0 bridgehead atoms. The van der Waals surface area contributed by atoms with E-state index in [0.29, 0.717) is 16.6 Å². The number of imidazole rings is 1. The van der Waals surface area contributed by atoms with Crippen molar-refractivity contribution >= 4 is 21.4 Å². The van der Waals surface area contributed by atoms with Gasteiger partial charge in [0.2, 0.25) is 10.1 Å². The van der Waals surface area contributed by atoms with Crippen LogP contribution in [0.1, 0.15) is 39.8 Å². The molecule has 0 aliphatic carbocycles. The van der Waals surface area contributed by atoms with Crippen molar-refractivity contribution in [1.82, 2.24) is 14.6 Å². The fraction of sp³-hybridized carbons (Fsp3) is 0.692. The summed E-state index contributed by atoms with van der Waals surface area (Å²) in [4.78, 5) is 6.84. The van der Waals surface area contributed by atoms with E-state index in [2.05, 4.69) is 30.9 Å². The van der Waals surface area contributed by atoms with Gasteiger partial charge in [-0.2, -0.15) is 13.2 Å². The van der Waals surface area contributed by atoms with Gasteiger partial charge in [-0.1, -0.05) is 32.1 Å². The molecular weight excluding hydrogens is 301 g/mol. The van der Waals surface area contributed by atoms with E-state index in [1.54, 1.807) is 9.42 Å². The van der Waals surface area contributed by atoms with Gasteiger partial charge in [0.05, 0.1) is 18.3 Å². The van der Waals surface area contributed by atoms with E-state index in [1.165, 1.54) is 11.3 Å². The fourth-order valence-electron chi connectivity index (χ4n) is 1.83. The Kier molecular flexibility index (Phi) is 4.19. The average Bonchev–Trinajstić information content (AvgIpc) is 2.85. The van der Waals surface area contributed by atoms with Crippen molar-refractivity contribution in [3.8, 4) is 0 Å². The lowest BCUT2D eigenvalue weighted by atomic mass is 9.93. The van der Waals surface area contributed by atoms with E-state index >= 15 is 0 Å². The Morgan fingerprint density at radius 1 is 1.29 bits per heavy atom. The third-order valence-electron chi connectivity index (χ3n) is 3.12. The Balaban J connectivity index is 2.19. The highest BCUT2D eigenvalue weighted by molar-refractivity contribution is 7.20. The van der Waals surface area contributed by atoms with Crippen LogP contribution >= 0.6 is 11.3 Å². The van der Waals surface area contributed by atoms with Gasteiger partial charge in [-0.15, -0.1) is 5.10 Å². The van der Waals surface area contributed by atoms with Crippen LogP contribution < -0.4 is 4.90 Å². The van der Waals surface area contributed by atoms with Crippen molar-refractivity contribution in [3.63, 3.8) is 0 Å². The first-order valence-electron chi connectivity index (χ1n) is 6.78. The molecule has 0 N–H and O–H groups in total. The maximum Gasteiger partial charge on any atom is 0.390 e. The van der Waals surface area contributed by atoms with E-state index in [9.17, 15) is 13.2 Å². The third-order valence-corrected chi connectivity index (χ3v) is 4.10. The summed E-state index contributed by atoms with van der Waals surface area (Å²) < 4.78 is 38.7. The van der Waals surface area contributed by atoms with Gasteiger partial charge in [-0.05, 0) is 6.92 Å². The molecule has 0 saturated carbocycles. The normalized spacial score (nSPS) is 13.1. The Hall–Kier alpha value is -1.31. The average molecular weight is 320 g/mol. The predicted octanol–water partition coefficient (Wildman–Crippen LogP) is 3.87. The van der Waals surface area contributed by atoms with Crippen LogP contribution in [0.3, 0.4) is 0 Å². The highest BCUT2D eigenvalue weighted by Gasteiger charge is 2.28. The monoisotopic (exact) mass is 320 g/mol. The maximum atomic E-state index is 12.3. The van der Waals surface area contributed by atoms with Crippen molar-refractivity contribution in [2.24, 2.45) is 0 Å². The highest BCUT2D eigenvalue weighted by atomic mass is 32.1. The van der Waals surface area contributed by atoms with Crippen molar-refractivity contribution in [2.45, 2.75) is 45.7 Å². The second-order valence-corrected chi connectivity index (χ2v) is 6.87. The Labute approximate surface area is 125 Å². The second-order valence-electron chi connectivity index (χ2n) is 5.93. The number of aromatic nitrogens is 3. The summed E-state index contributed by atoms with van der Waals surface area (Å²) in [7, 11) is 0. The van der Waals surface area contributed by atoms with E-state index in [-0.39, 0.29) is 12.0 Å². The molecule has 4 nitrogen and oxygen atoms in total. The Bertz CT molecular complexity index is 577. The zero-order valence-corrected chi connectivity index (χ0v) is 13.3. The molecule has 2 aromatic rings. The molecule has 0 spiro atoms. The first kappa shape index (κ1) is 16.1. The quantitative estimate of drug-likeness (QED) is 0.857. The van der Waals surface area contributed by atoms with Crippen molar-refractivity contribution in [2.75, 3.05) is 18.0 Å². The fourth-order valence-corrected chi connectivity index (χ4v) is 2.80. The smallest absolute Gasteiger partial charge is 0.347 e. The summed E-state index contributed by atoms with van der Waals surface area (Å²) in [5.74, 6) is 0. The summed E-state index contributed by atoms with van der Waals surface area (Å²) in [6, 6.07) is 0. The molecule has 0 unspecified atom stereocenters. The molecule has 0 atom stereocenters. The van der Waals surface area contributed by atoms with E-state index in [1.807, 2.05) is 13.1 Å². The highest BCUT2D eigenvalue weighted by Crippen LogP contribution is 2.28.